The minimum absolute atomic E-state index is 0.0736. The van der Waals surface area contributed by atoms with Crippen LogP contribution in [-0.2, 0) is 0 Å². The Bertz CT molecular complexity index is 1420. The maximum atomic E-state index is 11.0. The van der Waals surface area contributed by atoms with Crippen molar-refractivity contribution < 1.29 is 25.0 Å². The molecule has 0 aliphatic carbocycles. The fourth-order valence-electron chi connectivity index (χ4n) is 3.38. The van der Waals surface area contributed by atoms with E-state index in [1.54, 1.807) is 54.9 Å². The number of phenolic OH excluding ortho intramolecular Hbond substituents is 2. The van der Waals surface area contributed by atoms with E-state index in [4.69, 9.17) is 0 Å². The van der Waals surface area contributed by atoms with Crippen LogP contribution in [0.2, 0.25) is 0 Å². The van der Waals surface area contributed by atoms with Gasteiger partial charge in [0.15, 0.2) is 6.20 Å². The molecular weight excluding hydrogens is 464 g/mol. The molecule has 36 heavy (non-hydrogen) atoms. The van der Waals surface area contributed by atoms with Gasteiger partial charge in [0.05, 0.1) is 9.85 Å². The Balaban J connectivity index is 1.58. The molecule has 0 saturated carbocycles. The molecule has 2 heterocycles. The first-order valence-corrected chi connectivity index (χ1v) is 10.6. The lowest BCUT2D eigenvalue weighted by molar-refractivity contribution is -0.385. The van der Waals surface area contributed by atoms with Crippen LogP contribution in [-0.4, -0.2) is 25.0 Å². The molecule has 4 aromatic rings. The Kier molecular flexibility index (Phi) is 6.78. The van der Waals surface area contributed by atoms with Gasteiger partial charge in [-0.2, -0.15) is 0 Å². The lowest BCUT2D eigenvalue weighted by Gasteiger charge is -2.01. The number of nitrogens with one attached hydrogen (secondary N) is 1. The number of H-pyrrole nitrogens is 1. The third-order valence-corrected chi connectivity index (χ3v) is 5.24. The molecule has 10 heteroatoms. The SMILES string of the molecule is O=[N+]([O-])c1ccc(O)c(/C=C/c2ccnc(-c3cc(/C=C/c4cc([N+](=O)[O-])ccc4O)cc[nH+]3)c2)c1. The van der Waals surface area contributed by atoms with Gasteiger partial charge in [-0.15, -0.1) is 0 Å². The predicted octanol–water partition coefficient (Wildman–Crippen LogP) is 5.13. The number of aromatic amines is 1. The zero-order valence-corrected chi connectivity index (χ0v) is 18.6. The van der Waals surface area contributed by atoms with Crippen LogP contribution in [0.1, 0.15) is 22.3 Å². The van der Waals surface area contributed by atoms with Gasteiger partial charge >= 0.3 is 0 Å². The van der Waals surface area contributed by atoms with E-state index in [2.05, 4.69) is 9.97 Å². The Morgan fingerprint density at radius 2 is 1.28 bits per heavy atom. The molecule has 0 spiro atoms. The highest BCUT2D eigenvalue weighted by Gasteiger charge is 2.11. The summed E-state index contributed by atoms with van der Waals surface area (Å²) in [6.07, 6.45) is 9.91. The summed E-state index contributed by atoms with van der Waals surface area (Å²) in [6, 6.07) is 14.8. The molecule has 0 amide bonds. The van der Waals surface area contributed by atoms with Gasteiger partial charge in [-0.05, 0) is 35.4 Å². The molecule has 10 nitrogen and oxygen atoms in total. The maximum Gasteiger partial charge on any atom is 0.270 e. The van der Waals surface area contributed by atoms with Crippen LogP contribution < -0.4 is 4.98 Å². The second-order valence-electron chi connectivity index (χ2n) is 7.68. The molecule has 0 bridgehead atoms. The second kappa shape index (κ2) is 10.3. The molecule has 0 radical (unpaired) electrons. The molecule has 0 atom stereocenters. The summed E-state index contributed by atoms with van der Waals surface area (Å²) in [6.45, 7) is 0. The lowest BCUT2D eigenvalue weighted by atomic mass is 10.1. The van der Waals surface area contributed by atoms with Crippen LogP contribution in [0.15, 0.2) is 73.1 Å². The zero-order valence-electron chi connectivity index (χ0n) is 18.6. The van der Waals surface area contributed by atoms with Crippen LogP contribution in [0.25, 0.3) is 35.7 Å². The van der Waals surface area contributed by atoms with Gasteiger partial charge in [-0.25, -0.2) is 9.97 Å². The van der Waals surface area contributed by atoms with Gasteiger partial charge in [0, 0.05) is 53.7 Å². The molecule has 3 N–H and O–H groups in total. The highest BCUT2D eigenvalue weighted by atomic mass is 16.6. The van der Waals surface area contributed by atoms with Gasteiger partial charge in [0.2, 0.25) is 5.69 Å². The third kappa shape index (κ3) is 5.57. The van der Waals surface area contributed by atoms with Crippen LogP contribution in [0.3, 0.4) is 0 Å². The number of nitrogens with zero attached hydrogens (tertiary/aromatic N) is 3. The van der Waals surface area contributed by atoms with Gasteiger partial charge in [0.25, 0.3) is 11.4 Å². The molecule has 0 fully saturated rings. The van der Waals surface area contributed by atoms with E-state index in [0.717, 1.165) is 11.1 Å². The topological polar surface area (TPSA) is 154 Å². The number of hydrogen-bond acceptors (Lipinski definition) is 7. The summed E-state index contributed by atoms with van der Waals surface area (Å²) in [5.41, 5.74) is 3.20. The van der Waals surface area contributed by atoms with Crippen LogP contribution in [0.5, 0.6) is 11.5 Å². The maximum absolute atomic E-state index is 11.0. The highest BCUT2D eigenvalue weighted by molar-refractivity contribution is 5.76. The summed E-state index contributed by atoms with van der Waals surface area (Å²) in [5.74, 6) is -0.149. The largest absolute Gasteiger partial charge is 0.507 e. The van der Waals surface area contributed by atoms with Crippen molar-refractivity contribution in [3.05, 3.63) is 116 Å². The zero-order chi connectivity index (χ0) is 25.7. The fraction of sp³-hybridized carbons (Fsp3) is 0. The third-order valence-electron chi connectivity index (χ3n) is 5.24. The second-order valence-corrected chi connectivity index (χ2v) is 7.68. The number of nitro benzene ring substituents is 2. The van der Waals surface area contributed by atoms with Crippen molar-refractivity contribution in [1.29, 1.82) is 0 Å². The minimum atomic E-state index is -0.529. The van der Waals surface area contributed by atoms with Gasteiger partial charge in [-0.1, -0.05) is 24.3 Å². The van der Waals surface area contributed by atoms with Crippen molar-refractivity contribution in [2.45, 2.75) is 0 Å². The van der Waals surface area contributed by atoms with E-state index in [-0.39, 0.29) is 22.9 Å². The first kappa shape index (κ1) is 23.8. The predicted molar refractivity (Wildman–Crippen MR) is 134 cm³/mol. The summed E-state index contributed by atoms with van der Waals surface area (Å²) in [7, 11) is 0. The number of aromatic hydroxyl groups is 2. The summed E-state index contributed by atoms with van der Waals surface area (Å²) in [5, 5.41) is 42.0. The van der Waals surface area contributed by atoms with E-state index in [0.29, 0.717) is 22.5 Å². The highest BCUT2D eigenvalue weighted by Crippen LogP contribution is 2.26. The normalized spacial score (nSPS) is 11.2. The minimum Gasteiger partial charge on any atom is -0.507 e. The average Bonchev–Trinajstić information content (AvgIpc) is 2.88. The van der Waals surface area contributed by atoms with Crippen molar-refractivity contribution in [2.75, 3.05) is 0 Å². The number of aromatic nitrogens is 2. The first-order valence-electron chi connectivity index (χ1n) is 10.6. The Morgan fingerprint density at radius 3 is 1.83 bits per heavy atom. The molecule has 2 aromatic carbocycles. The monoisotopic (exact) mass is 483 g/mol. The number of phenols is 2. The molecule has 2 aromatic heterocycles. The molecule has 0 unspecified atom stereocenters. The standard InChI is InChI=1S/C26H18N4O6/c31-25-7-5-21(29(33)34)15-19(25)3-1-17-9-11-27-23(13-17)24-14-18(10-12-28-24)2-4-20-16-22(30(35)36)6-8-26(20)32/h1-16,31-32H/p+1/b3-1+,4-2+. The smallest absolute Gasteiger partial charge is 0.270 e. The van der Waals surface area contributed by atoms with Gasteiger partial charge < -0.3 is 10.2 Å². The van der Waals surface area contributed by atoms with Crippen molar-refractivity contribution in [2.24, 2.45) is 0 Å². The summed E-state index contributed by atoms with van der Waals surface area (Å²) >= 11 is 0. The fourth-order valence-corrected chi connectivity index (χ4v) is 3.38. The van der Waals surface area contributed by atoms with Gasteiger partial charge in [-0.3, -0.25) is 20.2 Å². The number of hydrogen-bond donors (Lipinski definition) is 2. The van der Waals surface area contributed by atoms with Crippen molar-refractivity contribution in [3.8, 4) is 22.9 Å². The molecule has 4 rings (SSSR count). The first-order chi connectivity index (χ1) is 17.3. The molecule has 0 aliphatic rings. The van der Waals surface area contributed by atoms with Gasteiger partial charge in [0.1, 0.15) is 17.2 Å². The van der Waals surface area contributed by atoms with E-state index in [1.165, 1.54) is 36.4 Å². The van der Waals surface area contributed by atoms with Crippen LogP contribution in [0, 0.1) is 20.2 Å². The summed E-state index contributed by atoms with van der Waals surface area (Å²) in [4.78, 5) is 28.4. The molecular formula is C26H19N4O6+. The van der Waals surface area contributed by atoms with E-state index >= 15 is 0 Å². The molecule has 0 aliphatic heterocycles. The average molecular weight is 483 g/mol. The number of rotatable bonds is 7. The summed E-state index contributed by atoms with van der Waals surface area (Å²) < 4.78 is 0. The van der Waals surface area contributed by atoms with Crippen LogP contribution in [0.4, 0.5) is 11.4 Å². The van der Waals surface area contributed by atoms with E-state index in [9.17, 15) is 30.4 Å². The Labute approximate surface area is 204 Å². The number of non-ortho nitro benzene ring substituents is 2. The van der Waals surface area contributed by atoms with Crippen LogP contribution >= 0.6 is 0 Å². The van der Waals surface area contributed by atoms with E-state index < -0.39 is 9.85 Å². The number of benzene rings is 2. The Hall–Kier alpha value is -5.38. The Morgan fingerprint density at radius 1 is 0.722 bits per heavy atom. The quantitative estimate of drug-likeness (QED) is 0.273. The lowest BCUT2D eigenvalue weighted by Crippen LogP contribution is -2.06. The molecule has 0 saturated heterocycles. The van der Waals surface area contributed by atoms with Crippen molar-refractivity contribution in [1.82, 2.24) is 4.98 Å². The molecule has 178 valence electrons. The van der Waals surface area contributed by atoms with Crippen molar-refractivity contribution >= 4 is 35.7 Å². The van der Waals surface area contributed by atoms with Crippen molar-refractivity contribution in [3.63, 3.8) is 0 Å². The number of nitro groups is 2. The van der Waals surface area contributed by atoms with E-state index in [1.807, 2.05) is 6.07 Å². The number of pyridine rings is 2.